The van der Waals surface area contributed by atoms with E-state index >= 15 is 0 Å². The number of alkyl carbamates (subject to hydrolysis) is 1. The van der Waals surface area contributed by atoms with E-state index in [9.17, 15) is 4.79 Å². The molecule has 0 aliphatic heterocycles. The number of hydrogen-bond acceptors (Lipinski definition) is 3. The van der Waals surface area contributed by atoms with Crippen LogP contribution in [0.3, 0.4) is 0 Å². The van der Waals surface area contributed by atoms with Gasteiger partial charge in [-0.2, -0.15) is 0 Å². The fourth-order valence-corrected chi connectivity index (χ4v) is 2.53. The molecule has 0 saturated heterocycles. The summed E-state index contributed by atoms with van der Waals surface area (Å²) in [7, 11) is 0. The lowest BCUT2D eigenvalue weighted by Gasteiger charge is -2.26. The minimum absolute atomic E-state index is 0.316. The van der Waals surface area contributed by atoms with Crippen LogP contribution >= 0.6 is 0 Å². The number of carbonyl (C=O) groups excluding carboxylic acids is 1. The van der Waals surface area contributed by atoms with Gasteiger partial charge < -0.3 is 15.4 Å². The van der Waals surface area contributed by atoms with Crippen molar-refractivity contribution in [3.8, 4) is 0 Å². The first-order chi connectivity index (χ1) is 8.42. The SMILES string of the molecule is CCNC(CNC(=O)OC(C)(C)C)C1CCCC1. The molecule has 0 bridgehead atoms. The smallest absolute Gasteiger partial charge is 0.407 e. The van der Waals surface area contributed by atoms with E-state index in [2.05, 4.69) is 17.6 Å². The monoisotopic (exact) mass is 256 g/mol. The van der Waals surface area contributed by atoms with Crippen LogP contribution in [0.1, 0.15) is 53.4 Å². The summed E-state index contributed by atoms with van der Waals surface area (Å²) in [5.74, 6) is 0.694. The maximum Gasteiger partial charge on any atom is 0.407 e. The number of amides is 1. The van der Waals surface area contributed by atoms with Crippen LogP contribution in [-0.4, -0.2) is 30.8 Å². The van der Waals surface area contributed by atoms with Crippen LogP contribution in [0.15, 0.2) is 0 Å². The van der Waals surface area contributed by atoms with E-state index in [4.69, 9.17) is 4.74 Å². The molecular weight excluding hydrogens is 228 g/mol. The van der Waals surface area contributed by atoms with Crippen LogP contribution < -0.4 is 10.6 Å². The molecule has 4 heteroatoms. The number of hydrogen-bond donors (Lipinski definition) is 2. The Morgan fingerprint density at radius 1 is 1.33 bits per heavy atom. The summed E-state index contributed by atoms with van der Waals surface area (Å²) in [4.78, 5) is 11.6. The van der Waals surface area contributed by atoms with Gasteiger partial charge in [-0.15, -0.1) is 0 Å². The fourth-order valence-electron chi connectivity index (χ4n) is 2.53. The van der Waals surface area contributed by atoms with E-state index in [-0.39, 0.29) is 6.09 Å². The van der Waals surface area contributed by atoms with Gasteiger partial charge >= 0.3 is 6.09 Å². The summed E-state index contributed by atoms with van der Waals surface area (Å²) in [6, 6.07) is 0.380. The van der Waals surface area contributed by atoms with Gasteiger partial charge in [0.2, 0.25) is 0 Å². The topological polar surface area (TPSA) is 50.4 Å². The molecule has 0 aromatic heterocycles. The average Bonchev–Trinajstić information content (AvgIpc) is 2.74. The van der Waals surface area contributed by atoms with Crippen LogP contribution in [0.4, 0.5) is 4.79 Å². The lowest BCUT2D eigenvalue weighted by molar-refractivity contribution is 0.0518. The highest BCUT2D eigenvalue weighted by atomic mass is 16.6. The molecule has 2 N–H and O–H groups in total. The largest absolute Gasteiger partial charge is 0.444 e. The van der Waals surface area contributed by atoms with Gasteiger partial charge in [0.1, 0.15) is 5.60 Å². The Labute approximate surface area is 111 Å². The van der Waals surface area contributed by atoms with Gasteiger partial charge in [-0.25, -0.2) is 4.79 Å². The molecule has 18 heavy (non-hydrogen) atoms. The highest BCUT2D eigenvalue weighted by Gasteiger charge is 2.25. The Kier molecular flexibility index (Phi) is 5.93. The molecule has 0 aromatic rings. The average molecular weight is 256 g/mol. The number of ether oxygens (including phenoxy) is 1. The zero-order valence-electron chi connectivity index (χ0n) is 12.2. The highest BCUT2D eigenvalue weighted by molar-refractivity contribution is 5.67. The van der Waals surface area contributed by atoms with Gasteiger partial charge in [0.15, 0.2) is 0 Å². The van der Waals surface area contributed by atoms with Crippen molar-refractivity contribution in [1.29, 1.82) is 0 Å². The van der Waals surface area contributed by atoms with Crippen LogP contribution in [0.5, 0.6) is 0 Å². The normalized spacial score (nSPS) is 18.7. The standard InChI is InChI=1S/C14H28N2O2/c1-5-15-12(11-8-6-7-9-11)10-16-13(17)18-14(2,3)4/h11-12,15H,5-10H2,1-4H3,(H,16,17). The summed E-state index contributed by atoms with van der Waals surface area (Å²) in [6.07, 6.45) is 4.86. The molecule has 1 unspecified atom stereocenters. The molecule has 1 rings (SSSR count). The predicted molar refractivity (Wildman–Crippen MR) is 73.7 cm³/mol. The van der Waals surface area contributed by atoms with Gasteiger partial charge in [0.05, 0.1) is 0 Å². The quantitative estimate of drug-likeness (QED) is 0.795. The van der Waals surface area contributed by atoms with E-state index in [0.717, 1.165) is 6.54 Å². The van der Waals surface area contributed by atoms with Crippen molar-refractivity contribution in [2.75, 3.05) is 13.1 Å². The van der Waals surface area contributed by atoms with Crippen molar-refractivity contribution in [2.24, 2.45) is 5.92 Å². The second-order valence-corrected chi connectivity index (χ2v) is 6.09. The molecule has 1 fully saturated rings. The predicted octanol–water partition coefficient (Wildman–Crippen LogP) is 2.68. The summed E-state index contributed by atoms with van der Waals surface area (Å²) in [5, 5.41) is 6.35. The first-order valence-electron chi connectivity index (χ1n) is 7.12. The maximum absolute atomic E-state index is 11.6. The molecule has 4 nitrogen and oxygen atoms in total. The van der Waals surface area contributed by atoms with Crippen LogP contribution in [0.25, 0.3) is 0 Å². The van der Waals surface area contributed by atoms with E-state index < -0.39 is 5.60 Å². The molecular formula is C14H28N2O2. The van der Waals surface area contributed by atoms with Gasteiger partial charge in [0.25, 0.3) is 0 Å². The summed E-state index contributed by atoms with van der Waals surface area (Å²) in [6.45, 7) is 9.35. The lowest BCUT2D eigenvalue weighted by Crippen LogP contribution is -2.46. The maximum atomic E-state index is 11.6. The van der Waals surface area contributed by atoms with Crippen molar-refractivity contribution in [3.63, 3.8) is 0 Å². The molecule has 0 heterocycles. The van der Waals surface area contributed by atoms with Crippen LogP contribution in [0.2, 0.25) is 0 Å². The van der Waals surface area contributed by atoms with Crippen LogP contribution in [-0.2, 0) is 4.74 Å². The Balaban J connectivity index is 2.34. The highest BCUT2D eigenvalue weighted by Crippen LogP contribution is 2.27. The zero-order chi connectivity index (χ0) is 13.6. The Bertz CT molecular complexity index is 255. The number of likely N-dealkylation sites (N-methyl/N-ethyl adjacent to an activating group) is 1. The Morgan fingerprint density at radius 2 is 1.94 bits per heavy atom. The van der Waals surface area contributed by atoms with E-state index in [1.165, 1.54) is 25.7 Å². The Morgan fingerprint density at radius 3 is 2.44 bits per heavy atom. The molecule has 0 aromatic carbocycles. The molecule has 0 spiro atoms. The lowest BCUT2D eigenvalue weighted by atomic mass is 9.98. The summed E-state index contributed by atoms with van der Waals surface area (Å²) in [5.41, 5.74) is -0.425. The molecule has 1 aliphatic rings. The fraction of sp³-hybridized carbons (Fsp3) is 0.929. The number of carbonyl (C=O) groups is 1. The van der Waals surface area contributed by atoms with Gasteiger partial charge in [-0.3, -0.25) is 0 Å². The van der Waals surface area contributed by atoms with Crippen molar-refractivity contribution in [3.05, 3.63) is 0 Å². The molecule has 1 saturated carbocycles. The summed E-state index contributed by atoms with van der Waals surface area (Å²) < 4.78 is 5.25. The molecule has 1 atom stereocenters. The second-order valence-electron chi connectivity index (χ2n) is 6.09. The van der Waals surface area contributed by atoms with E-state index in [1.807, 2.05) is 20.8 Å². The zero-order valence-corrected chi connectivity index (χ0v) is 12.2. The van der Waals surface area contributed by atoms with E-state index in [0.29, 0.717) is 18.5 Å². The van der Waals surface area contributed by atoms with Crippen molar-refractivity contribution in [1.82, 2.24) is 10.6 Å². The van der Waals surface area contributed by atoms with Gasteiger partial charge in [-0.1, -0.05) is 19.8 Å². The van der Waals surface area contributed by atoms with Crippen molar-refractivity contribution < 1.29 is 9.53 Å². The van der Waals surface area contributed by atoms with Gasteiger partial charge in [0, 0.05) is 12.6 Å². The first-order valence-corrected chi connectivity index (χ1v) is 7.12. The third-order valence-corrected chi connectivity index (χ3v) is 3.30. The van der Waals surface area contributed by atoms with Crippen LogP contribution in [0, 0.1) is 5.92 Å². The first kappa shape index (κ1) is 15.3. The third kappa shape index (κ3) is 5.71. The summed E-state index contributed by atoms with van der Waals surface area (Å²) >= 11 is 0. The molecule has 1 aliphatic carbocycles. The number of nitrogens with one attached hydrogen (secondary N) is 2. The van der Waals surface area contributed by atoms with Gasteiger partial charge in [-0.05, 0) is 46.1 Å². The minimum Gasteiger partial charge on any atom is -0.444 e. The molecule has 1 amide bonds. The van der Waals surface area contributed by atoms with Crippen molar-refractivity contribution >= 4 is 6.09 Å². The number of rotatable bonds is 5. The Hall–Kier alpha value is -0.770. The second kappa shape index (κ2) is 6.98. The van der Waals surface area contributed by atoms with E-state index in [1.54, 1.807) is 0 Å². The molecule has 0 radical (unpaired) electrons. The third-order valence-electron chi connectivity index (χ3n) is 3.30. The van der Waals surface area contributed by atoms with Crippen molar-refractivity contribution in [2.45, 2.75) is 65.0 Å². The minimum atomic E-state index is -0.425. The molecule has 106 valence electrons.